The highest BCUT2D eigenvalue weighted by molar-refractivity contribution is 7.13. The molecule has 2 aliphatic heterocycles. The van der Waals surface area contributed by atoms with Gasteiger partial charge < -0.3 is 10.2 Å². The molecule has 0 saturated carbocycles. The van der Waals surface area contributed by atoms with Crippen LogP contribution in [-0.2, 0) is 6.42 Å². The summed E-state index contributed by atoms with van der Waals surface area (Å²) in [6.07, 6.45) is 5.45. The quantitative estimate of drug-likeness (QED) is 0.914. The van der Waals surface area contributed by atoms with Crippen molar-refractivity contribution in [2.24, 2.45) is 0 Å². The maximum atomic E-state index is 13.0. The predicted octanol–water partition coefficient (Wildman–Crippen LogP) is 3.40. The Bertz CT molecular complexity index is 746. The first-order valence-electron chi connectivity index (χ1n) is 9.13. The molecule has 4 nitrogen and oxygen atoms in total. The Labute approximate surface area is 153 Å². The number of hydrogen-bond acceptors (Lipinski definition) is 4. The summed E-state index contributed by atoms with van der Waals surface area (Å²) in [6, 6.07) is 11.9. The second-order valence-corrected chi connectivity index (χ2v) is 8.45. The van der Waals surface area contributed by atoms with Crippen molar-refractivity contribution in [1.29, 1.82) is 0 Å². The number of fused-ring (bicyclic) bond motifs is 2. The zero-order valence-electron chi connectivity index (χ0n) is 14.9. The zero-order chi connectivity index (χ0) is 17.4. The van der Waals surface area contributed by atoms with Crippen LogP contribution in [0.1, 0.15) is 51.6 Å². The fraction of sp³-hybridized carbons (Fsp3) is 0.500. The number of thiazole rings is 1. The Balaban J connectivity index is 1.48. The molecule has 132 valence electrons. The van der Waals surface area contributed by atoms with Gasteiger partial charge in [0, 0.05) is 31.6 Å². The monoisotopic (exact) mass is 355 g/mol. The van der Waals surface area contributed by atoms with E-state index in [9.17, 15) is 4.79 Å². The van der Waals surface area contributed by atoms with Crippen molar-refractivity contribution in [3.05, 3.63) is 51.5 Å². The van der Waals surface area contributed by atoms with Crippen LogP contribution >= 0.6 is 11.3 Å². The fourth-order valence-corrected chi connectivity index (χ4v) is 5.25. The Morgan fingerprint density at radius 2 is 1.92 bits per heavy atom. The van der Waals surface area contributed by atoms with Crippen LogP contribution in [0.4, 0.5) is 0 Å². The summed E-state index contributed by atoms with van der Waals surface area (Å²) < 4.78 is 0. The minimum absolute atomic E-state index is 0.139. The number of aryl methyl sites for hydroxylation is 1. The Hall–Kier alpha value is -1.72. The predicted molar refractivity (Wildman–Crippen MR) is 101 cm³/mol. The van der Waals surface area contributed by atoms with Gasteiger partial charge in [-0.15, -0.1) is 11.3 Å². The maximum Gasteiger partial charge on any atom is 0.265 e. The molecule has 2 unspecified atom stereocenters. The average Bonchev–Trinajstić information content (AvgIpc) is 3.15. The first-order valence-corrected chi connectivity index (χ1v) is 9.95. The van der Waals surface area contributed by atoms with Gasteiger partial charge in [0.25, 0.3) is 5.91 Å². The van der Waals surface area contributed by atoms with E-state index in [-0.39, 0.29) is 5.91 Å². The number of amides is 1. The number of rotatable bonds is 4. The normalized spacial score (nSPS) is 25.1. The van der Waals surface area contributed by atoms with Crippen LogP contribution in [0, 0.1) is 6.92 Å². The lowest BCUT2D eigenvalue weighted by Crippen LogP contribution is -2.48. The Kier molecular flexibility index (Phi) is 4.61. The third-order valence-corrected chi connectivity index (χ3v) is 6.69. The van der Waals surface area contributed by atoms with Crippen molar-refractivity contribution in [2.75, 3.05) is 7.05 Å². The van der Waals surface area contributed by atoms with E-state index in [2.05, 4.69) is 22.4 Å². The lowest BCUT2D eigenvalue weighted by Gasteiger charge is -2.35. The van der Waals surface area contributed by atoms with Crippen LogP contribution in [0.25, 0.3) is 0 Å². The molecule has 2 saturated heterocycles. The number of nitrogens with zero attached hydrogens (tertiary/aromatic N) is 2. The van der Waals surface area contributed by atoms with Gasteiger partial charge in [-0.1, -0.05) is 30.3 Å². The molecule has 2 fully saturated rings. The fourth-order valence-electron chi connectivity index (χ4n) is 4.17. The summed E-state index contributed by atoms with van der Waals surface area (Å²) in [5.74, 6) is 0.139. The molecule has 2 bridgehead atoms. The standard InChI is InChI=1S/C20H25N3OS/c1-13-19(25-18(21-13)10-14-6-4-3-5-7-14)20(24)23(2)17-11-15-8-9-16(12-17)22-15/h3-7,15-17,22H,8-12H2,1-2H3. The summed E-state index contributed by atoms with van der Waals surface area (Å²) in [5.41, 5.74) is 2.10. The van der Waals surface area contributed by atoms with E-state index in [0.717, 1.165) is 34.8 Å². The second-order valence-electron chi connectivity index (χ2n) is 7.36. The van der Waals surface area contributed by atoms with Crippen LogP contribution in [0.2, 0.25) is 0 Å². The molecular weight excluding hydrogens is 330 g/mol. The van der Waals surface area contributed by atoms with E-state index in [1.165, 1.54) is 18.4 Å². The van der Waals surface area contributed by atoms with Crippen molar-refractivity contribution < 1.29 is 4.79 Å². The topological polar surface area (TPSA) is 45.2 Å². The summed E-state index contributed by atoms with van der Waals surface area (Å²) in [4.78, 5) is 20.5. The third kappa shape index (κ3) is 3.48. The van der Waals surface area contributed by atoms with E-state index in [0.29, 0.717) is 18.1 Å². The summed E-state index contributed by atoms with van der Waals surface area (Å²) in [6.45, 7) is 1.96. The number of carbonyl (C=O) groups excluding carboxylic acids is 1. The van der Waals surface area contributed by atoms with Crippen LogP contribution in [0.15, 0.2) is 30.3 Å². The van der Waals surface area contributed by atoms with Crippen molar-refractivity contribution in [1.82, 2.24) is 15.2 Å². The highest BCUT2D eigenvalue weighted by atomic mass is 32.1. The highest BCUT2D eigenvalue weighted by Crippen LogP contribution is 2.31. The number of carbonyl (C=O) groups is 1. The molecule has 1 amide bonds. The lowest BCUT2D eigenvalue weighted by molar-refractivity contribution is 0.0685. The van der Waals surface area contributed by atoms with Crippen molar-refractivity contribution in [2.45, 2.75) is 57.2 Å². The average molecular weight is 356 g/mol. The molecule has 1 aromatic carbocycles. The molecular formula is C20H25N3OS. The Morgan fingerprint density at radius 1 is 1.24 bits per heavy atom. The molecule has 1 N–H and O–H groups in total. The van der Waals surface area contributed by atoms with E-state index in [1.807, 2.05) is 37.1 Å². The van der Waals surface area contributed by atoms with Gasteiger partial charge in [0.1, 0.15) is 4.88 Å². The molecule has 0 spiro atoms. The minimum atomic E-state index is 0.139. The van der Waals surface area contributed by atoms with Gasteiger partial charge in [-0.05, 0) is 38.2 Å². The molecule has 1 aromatic heterocycles. The lowest BCUT2D eigenvalue weighted by atomic mass is 9.98. The zero-order valence-corrected chi connectivity index (χ0v) is 15.7. The van der Waals surface area contributed by atoms with Gasteiger partial charge in [0.2, 0.25) is 0 Å². The molecule has 4 rings (SSSR count). The largest absolute Gasteiger partial charge is 0.338 e. The highest BCUT2D eigenvalue weighted by Gasteiger charge is 2.37. The molecule has 2 aliphatic rings. The van der Waals surface area contributed by atoms with Crippen LogP contribution < -0.4 is 5.32 Å². The molecule has 25 heavy (non-hydrogen) atoms. The molecule has 0 radical (unpaired) electrons. The van der Waals surface area contributed by atoms with Gasteiger partial charge in [0.05, 0.1) is 10.7 Å². The number of benzene rings is 1. The third-order valence-electron chi connectivity index (χ3n) is 5.55. The number of aromatic nitrogens is 1. The van der Waals surface area contributed by atoms with Gasteiger partial charge in [-0.3, -0.25) is 4.79 Å². The SMILES string of the molecule is Cc1nc(Cc2ccccc2)sc1C(=O)N(C)C1CC2CCC(C1)N2. The molecule has 0 aliphatic carbocycles. The van der Waals surface area contributed by atoms with Crippen molar-refractivity contribution in [3.8, 4) is 0 Å². The van der Waals surface area contributed by atoms with Gasteiger partial charge >= 0.3 is 0 Å². The number of nitrogens with one attached hydrogen (secondary N) is 1. The van der Waals surface area contributed by atoms with E-state index >= 15 is 0 Å². The first-order chi connectivity index (χ1) is 12.1. The number of piperidine rings is 1. The molecule has 2 aromatic rings. The Morgan fingerprint density at radius 3 is 2.60 bits per heavy atom. The van der Waals surface area contributed by atoms with E-state index in [1.54, 1.807) is 11.3 Å². The molecule has 2 atom stereocenters. The second kappa shape index (κ2) is 6.89. The van der Waals surface area contributed by atoms with E-state index in [4.69, 9.17) is 0 Å². The van der Waals surface area contributed by atoms with Crippen LogP contribution in [-0.4, -0.2) is 41.0 Å². The van der Waals surface area contributed by atoms with Crippen LogP contribution in [0.5, 0.6) is 0 Å². The number of hydrogen-bond donors (Lipinski definition) is 1. The maximum absolute atomic E-state index is 13.0. The van der Waals surface area contributed by atoms with E-state index < -0.39 is 0 Å². The first kappa shape index (κ1) is 16.7. The van der Waals surface area contributed by atoms with Gasteiger partial charge in [0.15, 0.2) is 0 Å². The molecule has 3 heterocycles. The van der Waals surface area contributed by atoms with Gasteiger partial charge in [-0.25, -0.2) is 4.98 Å². The summed E-state index contributed by atoms with van der Waals surface area (Å²) in [5, 5.41) is 4.67. The smallest absolute Gasteiger partial charge is 0.265 e. The van der Waals surface area contributed by atoms with Crippen LogP contribution in [0.3, 0.4) is 0 Å². The van der Waals surface area contributed by atoms with Crippen molar-refractivity contribution >= 4 is 17.2 Å². The molecule has 5 heteroatoms. The van der Waals surface area contributed by atoms with Gasteiger partial charge in [-0.2, -0.15) is 0 Å². The summed E-state index contributed by atoms with van der Waals surface area (Å²) >= 11 is 1.55. The summed E-state index contributed by atoms with van der Waals surface area (Å²) in [7, 11) is 1.97. The minimum Gasteiger partial charge on any atom is -0.338 e. The van der Waals surface area contributed by atoms with Crippen molar-refractivity contribution in [3.63, 3.8) is 0 Å².